The van der Waals surface area contributed by atoms with Crippen molar-refractivity contribution in [1.29, 1.82) is 0 Å². The van der Waals surface area contributed by atoms with Gasteiger partial charge in [-0.15, -0.1) is 11.8 Å². The Hall–Kier alpha value is -2.06. The average Bonchev–Trinajstić information content (AvgIpc) is 3.30. The van der Waals surface area contributed by atoms with E-state index < -0.39 is 28.7 Å². The number of carbonyl (C=O) groups is 3. The first kappa shape index (κ1) is 22.1. The minimum Gasteiger partial charge on any atom is -0.394 e. The minimum absolute atomic E-state index is 0.0851. The van der Waals surface area contributed by atoms with E-state index in [1.807, 2.05) is 51.1 Å². The number of nitrogens with zero attached hydrogens (tertiary/aromatic N) is 1. The van der Waals surface area contributed by atoms with Crippen LogP contribution < -0.4 is 10.6 Å². The van der Waals surface area contributed by atoms with Crippen LogP contribution in [-0.4, -0.2) is 63.0 Å². The molecule has 3 aliphatic rings. The maximum absolute atomic E-state index is 14.0. The molecule has 3 heterocycles. The number of amides is 3. The summed E-state index contributed by atoms with van der Waals surface area (Å²) < 4.78 is -1.06. The Kier molecular flexibility index (Phi) is 5.58. The summed E-state index contributed by atoms with van der Waals surface area (Å²) in [7, 11) is 1.59. The third-order valence-corrected chi connectivity index (χ3v) is 9.10. The molecule has 2 unspecified atom stereocenters. The first-order valence-electron chi connectivity index (χ1n) is 10.9. The number of benzene rings is 1. The Balaban J connectivity index is 1.85. The summed E-state index contributed by atoms with van der Waals surface area (Å²) in [5, 5.41) is 16.1. The number of nitrogens with one attached hydrogen (secondary N) is 2. The third-order valence-electron chi connectivity index (χ3n) is 7.12. The van der Waals surface area contributed by atoms with Crippen molar-refractivity contribution in [2.45, 2.75) is 61.2 Å². The zero-order chi connectivity index (χ0) is 22.6. The van der Waals surface area contributed by atoms with Crippen molar-refractivity contribution in [2.24, 2.45) is 11.8 Å². The van der Waals surface area contributed by atoms with E-state index in [2.05, 4.69) is 10.6 Å². The van der Waals surface area contributed by atoms with Gasteiger partial charge in [-0.1, -0.05) is 30.3 Å². The van der Waals surface area contributed by atoms with Crippen molar-refractivity contribution in [3.05, 3.63) is 35.9 Å². The molecular formula is C23H31N3O4S. The van der Waals surface area contributed by atoms with Gasteiger partial charge in [-0.05, 0) is 39.2 Å². The molecule has 0 radical (unpaired) electrons. The standard InChI is InChI=1S/C23H31N3O4S/c1-13(2)25-20(29)18-23-11-10-22(3,31-23)16(19(28)24-4)17(23)21(30)26(18)15(12-27)14-8-6-5-7-9-14/h5-9,13,15-18,27H,10-12H2,1-4H3,(H,24,28)(H,25,29)/t15-,16+,17+,18?,22-,23?/m1/s1. The molecular weight excluding hydrogens is 414 g/mol. The highest BCUT2D eigenvalue weighted by molar-refractivity contribution is 8.02. The second-order valence-corrected chi connectivity index (χ2v) is 11.3. The van der Waals surface area contributed by atoms with Crippen LogP contribution >= 0.6 is 11.8 Å². The van der Waals surface area contributed by atoms with E-state index in [0.717, 1.165) is 12.0 Å². The number of aliphatic hydroxyl groups is 1. The highest BCUT2D eigenvalue weighted by Gasteiger charge is 2.77. The molecule has 0 aromatic heterocycles. The summed E-state index contributed by atoms with van der Waals surface area (Å²) in [5.41, 5.74) is 0.777. The normalized spacial score (nSPS) is 34.7. The first-order valence-corrected chi connectivity index (χ1v) is 11.7. The van der Waals surface area contributed by atoms with Crippen molar-refractivity contribution in [3.63, 3.8) is 0 Å². The van der Waals surface area contributed by atoms with Gasteiger partial charge in [0, 0.05) is 17.8 Å². The van der Waals surface area contributed by atoms with Gasteiger partial charge in [0.25, 0.3) is 0 Å². The van der Waals surface area contributed by atoms with Crippen LogP contribution in [0.3, 0.4) is 0 Å². The molecule has 3 aliphatic heterocycles. The lowest BCUT2D eigenvalue weighted by Gasteiger charge is -2.37. The topological polar surface area (TPSA) is 98.7 Å². The Morgan fingerprint density at radius 1 is 1.23 bits per heavy atom. The van der Waals surface area contributed by atoms with Crippen molar-refractivity contribution in [1.82, 2.24) is 15.5 Å². The number of hydrogen-bond donors (Lipinski definition) is 3. The molecule has 31 heavy (non-hydrogen) atoms. The van der Waals surface area contributed by atoms with Gasteiger partial charge in [0.1, 0.15) is 6.04 Å². The van der Waals surface area contributed by atoms with Crippen molar-refractivity contribution in [2.75, 3.05) is 13.7 Å². The van der Waals surface area contributed by atoms with Crippen LogP contribution in [0.2, 0.25) is 0 Å². The Labute approximate surface area is 187 Å². The van der Waals surface area contributed by atoms with Gasteiger partial charge in [0.05, 0.1) is 29.2 Å². The number of fused-ring (bicyclic) bond motifs is 1. The van der Waals surface area contributed by atoms with E-state index in [9.17, 15) is 19.5 Å². The maximum Gasteiger partial charge on any atom is 0.244 e. The summed E-state index contributed by atoms with van der Waals surface area (Å²) in [6.45, 7) is 5.53. The second kappa shape index (κ2) is 7.81. The lowest BCUT2D eigenvalue weighted by molar-refractivity contribution is -0.143. The first-order chi connectivity index (χ1) is 14.7. The van der Waals surface area contributed by atoms with Crippen LogP contribution in [0.15, 0.2) is 30.3 Å². The van der Waals surface area contributed by atoms with Crippen molar-refractivity contribution >= 4 is 29.5 Å². The lowest BCUT2D eigenvalue weighted by Crippen LogP contribution is -2.55. The molecule has 1 spiro atoms. The molecule has 168 valence electrons. The molecule has 0 saturated carbocycles. The van der Waals surface area contributed by atoms with E-state index in [0.29, 0.717) is 6.42 Å². The molecule has 7 nitrogen and oxygen atoms in total. The molecule has 3 amide bonds. The number of thioether (sulfide) groups is 1. The Morgan fingerprint density at radius 3 is 2.48 bits per heavy atom. The Bertz CT molecular complexity index is 894. The second-order valence-electron chi connectivity index (χ2n) is 9.36. The summed E-state index contributed by atoms with van der Waals surface area (Å²) in [6, 6.07) is 7.84. The quantitative estimate of drug-likeness (QED) is 0.616. The van der Waals surface area contributed by atoms with E-state index in [-0.39, 0.29) is 35.1 Å². The van der Waals surface area contributed by atoms with Gasteiger partial charge in [-0.2, -0.15) is 0 Å². The fourth-order valence-corrected chi connectivity index (χ4v) is 8.29. The SMILES string of the molecule is CNC(=O)[C@@H]1[C@H]2C(=O)N([C@H](CO)c3ccccc3)C(C(=O)NC(C)C)C23CC[C@@]1(C)S3. The summed E-state index contributed by atoms with van der Waals surface area (Å²) in [4.78, 5) is 42.0. The van der Waals surface area contributed by atoms with E-state index in [4.69, 9.17) is 0 Å². The molecule has 8 heteroatoms. The van der Waals surface area contributed by atoms with Crippen LogP contribution in [0.25, 0.3) is 0 Å². The van der Waals surface area contributed by atoms with Crippen molar-refractivity contribution < 1.29 is 19.5 Å². The van der Waals surface area contributed by atoms with Crippen LogP contribution in [-0.2, 0) is 14.4 Å². The van der Waals surface area contributed by atoms with Crippen LogP contribution in [0.4, 0.5) is 0 Å². The molecule has 6 atom stereocenters. The summed E-state index contributed by atoms with van der Waals surface area (Å²) >= 11 is 1.63. The zero-order valence-corrected chi connectivity index (χ0v) is 19.2. The molecule has 1 aromatic carbocycles. The number of likely N-dealkylation sites (tertiary alicyclic amines) is 1. The van der Waals surface area contributed by atoms with E-state index in [1.165, 1.54) is 0 Å². The highest BCUT2D eigenvalue weighted by Crippen LogP contribution is 2.71. The largest absolute Gasteiger partial charge is 0.394 e. The van der Waals surface area contributed by atoms with Gasteiger partial charge in [-0.25, -0.2) is 0 Å². The van der Waals surface area contributed by atoms with Gasteiger partial charge in [0.15, 0.2) is 0 Å². The van der Waals surface area contributed by atoms with Crippen LogP contribution in [0.5, 0.6) is 0 Å². The minimum atomic E-state index is -0.744. The van der Waals surface area contributed by atoms with Gasteiger partial charge in [-0.3, -0.25) is 14.4 Å². The molecule has 1 aromatic rings. The van der Waals surface area contributed by atoms with Crippen molar-refractivity contribution in [3.8, 4) is 0 Å². The smallest absolute Gasteiger partial charge is 0.244 e. The third kappa shape index (κ3) is 3.18. The zero-order valence-electron chi connectivity index (χ0n) is 18.4. The van der Waals surface area contributed by atoms with E-state index >= 15 is 0 Å². The molecule has 3 N–H and O–H groups in total. The Morgan fingerprint density at radius 2 is 1.90 bits per heavy atom. The summed E-state index contributed by atoms with van der Waals surface area (Å²) in [5.74, 6) is -1.67. The van der Waals surface area contributed by atoms with Crippen LogP contribution in [0.1, 0.15) is 45.2 Å². The number of aliphatic hydroxyl groups excluding tert-OH is 1. The number of hydrogen-bond acceptors (Lipinski definition) is 5. The van der Waals surface area contributed by atoms with Crippen LogP contribution in [0, 0.1) is 11.8 Å². The maximum atomic E-state index is 14.0. The predicted molar refractivity (Wildman–Crippen MR) is 119 cm³/mol. The molecule has 0 aliphatic carbocycles. The lowest BCUT2D eigenvalue weighted by atomic mass is 9.66. The van der Waals surface area contributed by atoms with Gasteiger partial charge >= 0.3 is 0 Å². The number of carbonyl (C=O) groups excluding carboxylic acids is 3. The molecule has 4 rings (SSSR count). The molecule has 3 fully saturated rings. The highest BCUT2D eigenvalue weighted by atomic mass is 32.2. The fraction of sp³-hybridized carbons (Fsp3) is 0.609. The van der Waals surface area contributed by atoms with Gasteiger partial charge < -0.3 is 20.6 Å². The van der Waals surface area contributed by atoms with Gasteiger partial charge in [0.2, 0.25) is 17.7 Å². The fourth-order valence-electron chi connectivity index (χ4n) is 5.95. The molecule has 2 bridgehead atoms. The summed E-state index contributed by atoms with van der Waals surface area (Å²) in [6.07, 6.45) is 1.46. The predicted octanol–water partition coefficient (Wildman–Crippen LogP) is 1.47. The average molecular weight is 446 g/mol. The number of rotatable bonds is 6. The monoisotopic (exact) mass is 445 g/mol. The molecule has 3 saturated heterocycles. The van der Waals surface area contributed by atoms with E-state index in [1.54, 1.807) is 23.7 Å².